The summed E-state index contributed by atoms with van der Waals surface area (Å²) in [6, 6.07) is 7.46. The number of ether oxygens (including phenoxy) is 4. The van der Waals surface area contributed by atoms with E-state index in [1.807, 2.05) is 44.7 Å². The number of nitrogens with zero attached hydrogens (tertiary/aromatic N) is 5. The molecule has 12 heteroatoms. The summed E-state index contributed by atoms with van der Waals surface area (Å²) in [6.07, 6.45) is 5.31. The number of carbonyl (C=O) groups excluding carboxylic acids is 2. The number of carbonyl (C=O) groups is 2. The maximum absolute atomic E-state index is 15.2. The third-order valence-electron chi connectivity index (χ3n) is 10.2. The molecule has 49 heavy (non-hydrogen) atoms. The molecule has 7 rings (SSSR count). The lowest BCUT2D eigenvalue weighted by atomic mass is 9.97. The first-order valence-electron chi connectivity index (χ1n) is 17.4. The number of piperazine rings is 1. The predicted molar refractivity (Wildman–Crippen MR) is 183 cm³/mol. The molecular formula is C37H46FN5O6. The van der Waals surface area contributed by atoms with Crippen LogP contribution in [0.4, 0.5) is 20.7 Å². The molecular weight excluding hydrogens is 629 g/mol. The number of rotatable bonds is 10. The topological polar surface area (TPSA) is 107 Å². The maximum Gasteiger partial charge on any atom is 0.410 e. The van der Waals surface area contributed by atoms with Crippen LogP contribution in [0.15, 0.2) is 24.3 Å². The van der Waals surface area contributed by atoms with Crippen molar-refractivity contribution >= 4 is 34.7 Å². The van der Waals surface area contributed by atoms with Gasteiger partial charge >= 0.3 is 12.1 Å². The Labute approximate surface area is 286 Å². The number of methoxy groups -OCH3 is 1. The summed E-state index contributed by atoms with van der Waals surface area (Å²) < 4.78 is 38.2. The first-order chi connectivity index (χ1) is 23.5. The lowest BCUT2D eigenvalue weighted by Crippen LogP contribution is -2.57. The number of aromatic nitrogens is 2. The molecule has 3 aromatic rings. The van der Waals surface area contributed by atoms with Gasteiger partial charge in [-0.2, -0.15) is 9.97 Å². The van der Waals surface area contributed by atoms with Gasteiger partial charge in [0.25, 0.3) is 0 Å². The number of amides is 1. The number of hydrogen-bond acceptors (Lipinski definition) is 10. The van der Waals surface area contributed by atoms with Crippen LogP contribution in [0.3, 0.4) is 0 Å². The molecule has 2 saturated heterocycles. The summed E-state index contributed by atoms with van der Waals surface area (Å²) in [7, 11) is 1.58. The average molecular weight is 676 g/mol. The standard InChI is InChI=1S/C37H46FN5O6/c1-6-27-29(38)10-7-23-15-26(48-22-46-5)16-31(32(23)27)41-14-11-28-30(19-41)39-34(47-21-37(20-44)12-13-37)40-33(28)42-17-24-8-9-25(18-42)43(24)35(45)49-36(2,3)4/h7,10,15-16,20,24-25H,6,8-9,11-14,17-19,21-22H2,1-5H3. The highest BCUT2D eigenvalue weighted by Crippen LogP contribution is 2.44. The van der Waals surface area contributed by atoms with Gasteiger partial charge in [-0.25, -0.2) is 9.18 Å². The van der Waals surface area contributed by atoms with Crippen LogP contribution in [0.1, 0.15) is 70.2 Å². The number of halogens is 1. The first kappa shape index (κ1) is 33.3. The third-order valence-corrected chi connectivity index (χ3v) is 10.2. The summed E-state index contributed by atoms with van der Waals surface area (Å²) in [5.41, 5.74) is 2.37. The first-order valence-corrected chi connectivity index (χ1v) is 17.4. The van der Waals surface area contributed by atoms with Gasteiger partial charge in [0.15, 0.2) is 6.79 Å². The molecule has 11 nitrogen and oxygen atoms in total. The Morgan fingerprint density at radius 3 is 2.49 bits per heavy atom. The average Bonchev–Trinajstić information content (AvgIpc) is 3.81. The fraction of sp³-hybridized carbons (Fsp3) is 0.568. The van der Waals surface area contributed by atoms with Crippen molar-refractivity contribution in [3.8, 4) is 11.8 Å². The lowest BCUT2D eigenvalue weighted by Gasteiger charge is -2.43. The van der Waals surface area contributed by atoms with Crippen LogP contribution in [0, 0.1) is 11.2 Å². The molecule has 262 valence electrons. The molecule has 1 aliphatic carbocycles. The maximum atomic E-state index is 15.2. The zero-order valence-corrected chi connectivity index (χ0v) is 29.1. The van der Waals surface area contributed by atoms with Gasteiger partial charge in [0, 0.05) is 49.4 Å². The minimum Gasteiger partial charge on any atom is -0.467 e. The third kappa shape index (κ3) is 6.59. The van der Waals surface area contributed by atoms with E-state index in [1.54, 1.807) is 13.2 Å². The molecule has 2 atom stereocenters. The van der Waals surface area contributed by atoms with Crippen LogP contribution >= 0.6 is 0 Å². The Kier molecular flexibility index (Phi) is 8.79. The second-order valence-electron chi connectivity index (χ2n) is 14.8. The van der Waals surface area contributed by atoms with Crippen LogP contribution in [-0.2, 0) is 33.7 Å². The normalized spacial score (nSPS) is 21.1. The van der Waals surface area contributed by atoms with E-state index in [0.29, 0.717) is 50.3 Å². The molecule has 4 heterocycles. The molecule has 0 radical (unpaired) electrons. The van der Waals surface area contributed by atoms with Crippen molar-refractivity contribution in [1.29, 1.82) is 0 Å². The van der Waals surface area contributed by atoms with Gasteiger partial charge < -0.3 is 33.5 Å². The van der Waals surface area contributed by atoms with Gasteiger partial charge in [0.2, 0.25) is 0 Å². The minimum absolute atomic E-state index is 0.0111. The van der Waals surface area contributed by atoms with E-state index in [-0.39, 0.29) is 43.4 Å². The number of hydrogen-bond donors (Lipinski definition) is 0. The van der Waals surface area contributed by atoms with Crippen molar-refractivity contribution in [2.45, 2.75) is 90.4 Å². The molecule has 1 amide bonds. The Bertz CT molecular complexity index is 1740. The van der Waals surface area contributed by atoms with E-state index in [2.05, 4.69) is 9.80 Å². The molecule has 4 aliphatic rings. The van der Waals surface area contributed by atoms with Gasteiger partial charge in [-0.15, -0.1) is 0 Å². The van der Waals surface area contributed by atoms with Crippen molar-refractivity contribution < 1.29 is 32.9 Å². The monoisotopic (exact) mass is 675 g/mol. The lowest BCUT2D eigenvalue weighted by molar-refractivity contribution is -0.113. The molecule has 2 unspecified atom stereocenters. The van der Waals surface area contributed by atoms with Crippen molar-refractivity contribution in [2.24, 2.45) is 5.41 Å². The van der Waals surface area contributed by atoms with E-state index in [1.165, 1.54) is 6.07 Å². The number of aryl methyl sites for hydroxylation is 1. The zero-order chi connectivity index (χ0) is 34.5. The molecule has 3 fully saturated rings. The van der Waals surface area contributed by atoms with Crippen molar-refractivity contribution in [2.75, 3.05) is 49.9 Å². The number of anilines is 2. The fourth-order valence-corrected chi connectivity index (χ4v) is 7.54. The smallest absolute Gasteiger partial charge is 0.410 e. The fourth-order valence-electron chi connectivity index (χ4n) is 7.54. The highest BCUT2D eigenvalue weighted by Gasteiger charge is 2.46. The van der Waals surface area contributed by atoms with Crippen molar-refractivity contribution in [3.63, 3.8) is 0 Å². The van der Waals surface area contributed by atoms with Gasteiger partial charge in [0.1, 0.15) is 35.9 Å². The second kappa shape index (κ2) is 12.9. The summed E-state index contributed by atoms with van der Waals surface area (Å²) in [5.74, 6) is 1.22. The van der Waals surface area contributed by atoms with Gasteiger partial charge in [0.05, 0.1) is 29.7 Å². The molecule has 0 N–H and O–H groups in total. The highest BCUT2D eigenvalue weighted by atomic mass is 19.1. The van der Waals surface area contributed by atoms with E-state index in [4.69, 9.17) is 28.9 Å². The van der Waals surface area contributed by atoms with Crippen LogP contribution in [0.5, 0.6) is 11.8 Å². The van der Waals surface area contributed by atoms with E-state index in [9.17, 15) is 9.59 Å². The van der Waals surface area contributed by atoms with Crippen molar-refractivity contribution in [1.82, 2.24) is 14.9 Å². The summed E-state index contributed by atoms with van der Waals surface area (Å²) in [5, 5.41) is 1.75. The van der Waals surface area contributed by atoms with Crippen LogP contribution in [0.2, 0.25) is 0 Å². The van der Waals surface area contributed by atoms with Crippen molar-refractivity contribution in [3.05, 3.63) is 46.9 Å². The Balaban J connectivity index is 1.24. The molecule has 3 aliphatic heterocycles. The van der Waals surface area contributed by atoms with Crippen LogP contribution < -0.4 is 19.3 Å². The Morgan fingerprint density at radius 1 is 1.08 bits per heavy atom. The van der Waals surface area contributed by atoms with E-state index < -0.39 is 11.0 Å². The quantitative estimate of drug-likeness (QED) is 0.193. The van der Waals surface area contributed by atoms with Gasteiger partial charge in [-0.05, 0) is 82.4 Å². The summed E-state index contributed by atoms with van der Waals surface area (Å²) >= 11 is 0. The summed E-state index contributed by atoms with van der Waals surface area (Å²) in [4.78, 5) is 41.3. The molecule has 2 aromatic carbocycles. The van der Waals surface area contributed by atoms with Gasteiger partial charge in [-0.1, -0.05) is 13.0 Å². The molecule has 1 saturated carbocycles. The van der Waals surface area contributed by atoms with Gasteiger partial charge in [-0.3, -0.25) is 4.90 Å². The molecule has 1 aromatic heterocycles. The van der Waals surface area contributed by atoms with E-state index >= 15 is 4.39 Å². The van der Waals surface area contributed by atoms with E-state index in [0.717, 1.165) is 65.5 Å². The minimum atomic E-state index is -0.567. The summed E-state index contributed by atoms with van der Waals surface area (Å²) in [6.45, 7) is 10.3. The predicted octanol–water partition coefficient (Wildman–Crippen LogP) is 5.82. The highest BCUT2D eigenvalue weighted by molar-refractivity contribution is 5.98. The Morgan fingerprint density at radius 2 is 1.84 bits per heavy atom. The number of benzene rings is 2. The van der Waals surface area contributed by atoms with Crippen LogP contribution in [0.25, 0.3) is 10.8 Å². The molecule has 0 spiro atoms. The Hall–Kier alpha value is -4.19. The molecule has 2 bridgehead atoms. The zero-order valence-electron chi connectivity index (χ0n) is 29.1. The van der Waals surface area contributed by atoms with Crippen LogP contribution in [-0.4, -0.2) is 85.1 Å². The SMILES string of the molecule is CCc1c(F)ccc2cc(OCOC)cc(N3CCc4c(nc(OCC5(C=O)CC5)nc4N4CC5CCC(C4)N5C(=O)OC(C)(C)C)C3)c12. The second-order valence-corrected chi connectivity index (χ2v) is 14.8. The largest absolute Gasteiger partial charge is 0.467 e. The number of fused-ring (bicyclic) bond motifs is 4. The number of aldehydes is 1.